The van der Waals surface area contributed by atoms with Crippen molar-refractivity contribution < 1.29 is 13.6 Å². The first kappa shape index (κ1) is 13.2. The van der Waals surface area contributed by atoms with E-state index in [0.29, 0.717) is 19.3 Å². The maximum Gasteiger partial charge on any atom is 0.226 e. The summed E-state index contributed by atoms with van der Waals surface area (Å²) in [6.07, 6.45) is 4.01. The molecule has 106 valence electrons. The molecule has 20 heavy (non-hydrogen) atoms. The third-order valence-electron chi connectivity index (χ3n) is 4.07. The molecule has 3 rings (SSSR count). The van der Waals surface area contributed by atoms with Crippen molar-refractivity contribution in [2.75, 3.05) is 13.6 Å². The summed E-state index contributed by atoms with van der Waals surface area (Å²) >= 11 is 0. The van der Waals surface area contributed by atoms with Gasteiger partial charge in [0.25, 0.3) is 0 Å². The van der Waals surface area contributed by atoms with Gasteiger partial charge in [-0.1, -0.05) is 6.07 Å². The van der Waals surface area contributed by atoms with E-state index in [4.69, 9.17) is 4.42 Å². The van der Waals surface area contributed by atoms with Crippen molar-refractivity contribution in [2.24, 2.45) is 0 Å². The van der Waals surface area contributed by atoms with Gasteiger partial charge in [-0.15, -0.1) is 0 Å². The van der Waals surface area contributed by atoms with Crippen LogP contribution in [0.25, 0.3) is 11.0 Å². The predicted octanol–water partition coefficient (Wildman–Crippen LogP) is 3.33. The second kappa shape index (κ2) is 4.93. The molecule has 3 nitrogen and oxygen atoms in total. The molecule has 1 aliphatic rings. The molecule has 1 fully saturated rings. The van der Waals surface area contributed by atoms with Gasteiger partial charge in [0, 0.05) is 12.4 Å². The largest absolute Gasteiger partial charge is 0.464 e. The minimum atomic E-state index is -1.15. The summed E-state index contributed by atoms with van der Waals surface area (Å²) in [4.78, 5) is 13.7. The SMILES string of the molecule is CN(CC1(F)CCC1)C(=O)Cc1ccc2occc2c1. The number of hydrogen-bond donors (Lipinski definition) is 0. The summed E-state index contributed by atoms with van der Waals surface area (Å²) < 4.78 is 19.3. The van der Waals surface area contributed by atoms with E-state index < -0.39 is 5.67 Å². The third kappa shape index (κ3) is 2.55. The monoisotopic (exact) mass is 275 g/mol. The van der Waals surface area contributed by atoms with Gasteiger partial charge in [-0.2, -0.15) is 0 Å². The van der Waals surface area contributed by atoms with Gasteiger partial charge < -0.3 is 9.32 Å². The highest BCUT2D eigenvalue weighted by atomic mass is 19.1. The summed E-state index contributed by atoms with van der Waals surface area (Å²) in [5.74, 6) is -0.0447. The predicted molar refractivity (Wildman–Crippen MR) is 75.2 cm³/mol. The Bertz CT molecular complexity index is 630. The van der Waals surface area contributed by atoms with Crippen molar-refractivity contribution in [1.82, 2.24) is 4.90 Å². The van der Waals surface area contributed by atoms with Crippen molar-refractivity contribution >= 4 is 16.9 Å². The number of likely N-dealkylation sites (N-methyl/N-ethyl adjacent to an activating group) is 1. The van der Waals surface area contributed by atoms with E-state index in [9.17, 15) is 9.18 Å². The number of carbonyl (C=O) groups excluding carboxylic acids is 1. The number of hydrogen-bond acceptors (Lipinski definition) is 2. The van der Waals surface area contributed by atoms with Gasteiger partial charge in [0.15, 0.2) is 0 Å². The van der Waals surface area contributed by atoms with Crippen LogP contribution < -0.4 is 0 Å². The maximum atomic E-state index is 14.0. The quantitative estimate of drug-likeness (QED) is 0.857. The van der Waals surface area contributed by atoms with E-state index in [-0.39, 0.29) is 12.5 Å². The van der Waals surface area contributed by atoms with Gasteiger partial charge in [-0.3, -0.25) is 4.79 Å². The molecule has 1 aromatic heterocycles. The van der Waals surface area contributed by atoms with Crippen LogP contribution in [-0.2, 0) is 11.2 Å². The fourth-order valence-electron chi connectivity index (χ4n) is 2.67. The molecule has 1 aliphatic carbocycles. The summed E-state index contributed by atoms with van der Waals surface area (Å²) in [7, 11) is 1.68. The van der Waals surface area contributed by atoms with Gasteiger partial charge in [-0.05, 0) is 43.0 Å². The number of furan rings is 1. The molecule has 0 atom stereocenters. The zero-order valence-corrected chi connectivity index (χ0v) is 11.6. The van der Waals surface area contributed by atoms with E-state index in [1.165, 1.54) is 4.90 Å². The number of carbonyl (C=O) groups is 1. The number of rotatable bonds is 4. The Balaban J connectivity index is 1.65. The molecule has 0 radical (unpaired) electrons. The number of benzene rings is 1. The van der Waals surface area contributed by atoms with Crippen LogP contribution in [0.1, 0.15) is 24.8 Å². The zero-order chi connectivity index (χ0) is 14.2. The van der Waals surface area contributed by atoms with E-state index in [0.717, 1.165) is 23.0 Å². The first-order valence-corrected chi connectivity index (χ1v) is 6.95. The summed E-state index contributed by atoms with van der Waals surface area (Å²) in [5, 5.41) is 0.985. The van der Waals surface area contributed by atoms with Crippen LogP contribution in [0.3, 0.4) is 0 Å². The van der Waals surface area contributed by atoms with Crippen molar-refractivity contribution in [3.8, 4) is 0 Å². The molecular weight excluding hydrogens is 257 g/mol. The minimum Gasteiger partial charge on any atom is -0.464 e. The van der Waals surface area contributed by atoms with E-state index in [1.54, 1.807) is 13.3 Å². The Hall–Kier alpha value is -1.84. The van der Waals surface area contributed by atoms with E-state index in [2.05, 4.69) is 0 Å². The minimum absolute atomic E-state index is 0.0447. The van der Waals surface area contributed by atoms with E-state index in [1.807, 2.05) is 24.3 Å². The normalized spacial score (nSPS) is 16.9. The maximum absolute atomic E-state index is 14.0. The molecule has 1 saturated carbocycles. The summed E-state index contributed by atoms with van der Waals surface area (Å²) in [6.45, 7) is 0.208. The Labute approximate surface area is 117 Å². The van der Waals surface area contributed by atoms with E-state index >= 15 is 0 Å². The summed E-state index contributed by atoms with van der Waals surface area (Å²) in [6, 6.07) is 7.56. The van der Waals surface area contributed by atoms with Crippen molar-refractivity contribution in [2.45, 2.75) is 31.4 Å². The molecule has 2 aromatic rings. The van der Waals surface area contributed by atoms with Crippen LogP contribution >= 0.6 is 0 Å². The molecule has 0 N–H and O–H groups in total. The van der Waals surface area contributed by atoms with Gasteiger partial charge in [0.05, 0.1) is 19.2 Å². The Morgan fingerprint density at radius 2 is 2.20 bits per heavy atom. The Kier molecular flexibility index (Phi) is 3.24. The Morgan fingerprint density at radius 1 is 1.40 bits per heavy atom. The number of nitrogens with zero attached hydrogens (tertiary/aromatic N) is 1. The summed E-state index contributed by atoms with van der Waals surface area (Å²) in [5.41, 5.74) is 0.586. The first-order chi connectivity index (χ1) is 9.56. The second-order valence-electron chi connectivity index (χ2n) is 5.72. The lowest BCUT2D eigenvalue weighted by molar-refractivity contribution is -0.132. The van der Waals surface area contributed by atoms with Crippen LogP contribution in [0.4, 0.5) is 4.39 Å². The van der Waals surface area contributed by atoms with Gasteiger partial charge >= 0.3 is 0 Å². The zero-order valence-electron chi connectivity index (χ0n) is 11.6. The molecule has 1 heterocycles. The van der Waals surface area contributed by atoms with Crippen molar-refractivity contribution in [1.29, 1.82) is 0 Å². The smallest absolute Gasteiger partial charge is 0.226 e. The lowest BCUT2D eigenvalue weighted by atomic mass is 9.81. The molecule has 0 aliphatic heterocycles. The van der Waals surface area contributed by atoms with Crippen LogP contribution in [-0.4, -0.2) is 30.1 Å². The van der Waals surface area contributed by atoms with Gasteiger partial charge in [0.2, 0.25) is 5.91 Å². The third-order valence-corrected chi connectivity index (χ3v) is 4.07. The lowest BCUT2D eigenvalue weighted by Gasteiger charge is -2.37. The van der Waals surface area contributed by atoms with Gasteiger partial charge in [-0.25, -0.2) is 4.39 Å². The number of alkyl halides is 1. The van der Waals surface area contributed by atoms with Gasteiger partial charge in [0.1, 0.15) is 11.3 Å². The Morgan fingerprint density at radius 3 is 2.90 bits per heavy atom. The molecule has 0 bridgehead atoms. The molecule has 0 unspecified atom stereocenters. The number of halogens is 1. The highest BCUT2D eigenvalue weighted by molar-refractivity contribution is 5.82. The molecule has 1 aromatic carbocycles. The highest BCUT2D eigenvalue weighted by Crippen LogP contribution is 2.36. The number of fused-ring (bicyclic) bond motifs is 1. The first-order valence-electron chi connectivity index (χ1n) is 6.95. The lowest BCUT2D eigenvalue weighted by Crippen LogP contribution is -2.45. The van der Waals surface area contributed by atoms with Crippen LogP contribution in [0, 0.1) is 0 Å². The van der Waals surface area contributed by atoms with Crippen molar-refractivity contribution in [3.63, 3.8) is 0 Å². The second-order valence-corrected chi connectivity index (χ2v) is 5.72. The standard InChI is InChI=1S/C16H18FNO2/c1-18(11-16(17)6-2-7-16)15(19)10-12-3-4-14-13(9-12)5-8-20-14/h3-5,8-9H,2,6-7,10-11H2,1H3. The molecular formula is C16H18FNO2. The number of amides is 1. The molecule has 0 spiro atoms. The molecule has 0 saturated heterocycles. The highest BCUT2D eigenvalue weighted by Gasteiger charge is 2.38. The van der Waals surface area contributed by atoms with Crippen LogP contribution in [0.15, 0.2) is 34.9 Å². The average molecular weight is 275 g/mol. The molecule has 1 amide bonds. The fraction of sp³-hybridized carbons (Fsp3) is 0.438. The average Bonchev–Trinajstić information content (AvgIpc) is 2.84. The van der Waals surface area contributed by atoms with Crippen molar-refractivity contribution in [3.05, 3.63) is 36.1 Å². The molecule has 4 heteroatoms. The fourth-order valence-corrected chi connectivity index (χ4v) is 2.67. The van der Waals surface area contributed by atoms with Crippen LogP contribution in [0.2, 0.25) is 0 Å². The van der Waals surface area contributed by atoms with Crippen LogP contribution in [0.5, 0.6) is 0 Å². The topological polar surface area (TPSA) is 33.5 Å².